The van der Waals surface area contributed by atoms with Crippen molar-refractivity contribution in [1.29, 1.82) is 0 Å². The van der Waals surface area contributed by atoms with Crippen molar-refractivity contribution in [2.24, 2.45) is 0 Å². The van der Waals surface area contributed by atoms with E-state index in [1.807, 2.05) is 83.4 Å². The predicted molar refractivity (Wildman–Crippen MR) is 205 cm³/mol. The van der Waals surface area contributed by atoms with Gasteiger partial charge in [-0.1, -0.05) is 115 Å². The fraction of sp³-hybridized carbons (Fsp3) is 0. The van der Waals surface area contributed by atoms with Gasteiger partial charge in [0, 0.05) is 16.3 Å². The highest BCUT2D eigenvalue weighted by molar-refractivity contribution is 7.92. The summed E-state index contributed by atoms with van der Waals surface area (Å²) >= 11 is 0. The number of furan rings is 1. The predicted octanol–water partition coefficient (Wildman–Crippen LogP) is 11.4. The van der Waals surface area contributed by atoms with Crippen LogP contribution in [0.5, 0.6) is 0 Å². The first-order valence-electron chi connectivity index (χ1n) is 16.9. The number of aromatic nitrogens is 2. The first-order valence-corrected chi connectivity index (χ1v) is 18.4. The lowest BCUT2D eigenvalue weighted by Gasteiger charge is -2.23. The van der Waals surface area contributed by atoms with E-state index in [9.17, 15) is 8.42 Å². The molecule has 0 aliphatic carbocycles. The van der Waals surface area contributed by atoms with Crippen molar-refractivity contribution in [3.63, 3.8) is 0 Å². The standard InChI is InChI=1S/C45H26N2O3S/c48-51(49)40-20-10-18-36-44(40)47(45(46-36)27-11-2-1-3-12-27)37-24-22-29(26-41(37)51)43-34-16-6-4-14-32(34)42(33-15-5-7-17-35(33)43)28-21-23-31-30-13-8-9-19-38(30)50-39(31)25-28/h1-26H. The molecule has 2 aromatic heterocycles. The van der Waals surface area contributed by atoms with Crippen molar-refractivity contribution in [1.82, 2.24) is 9.55 Å². The Kier molecular flexibility index (Phi) is 5.70. The number of hydrogen-bond donors (Lipinski definition) is 0. The van der Waals surface area contributed by atoms with Crippen LogP contribution < -0.4 is 0 Å². The largest absolute Gasteiger partial charge is 0.456 e. The lowest BCUT2D eigenvalue weighted by Crippen LogP contribution is -2.15. The average molecular weight is 675 g/mol. The number of para-hydroxylation sites is 2. The van der Waals surface area contributed by atoms with Gasteiger partial charge >= 0.3 is 0 Å². The molecule has 6 heteroatoms. The van der Waals surface area contributed by atoms with E-state index in [0.29, 0.717) is 22.5 Å². The lowest BCUT2D eigenvalue weighted by molar-refractivity contribution is 0.594. The Bertz CT molecular complexity index is 3150. The molecule has 0 unspecified atom stereocenters. The van der Waals surface area contributed by atoms with Crippen LogP contribution in [0.2, 0.25) is 0 Å². The first kappa shape index (κ1) is 28.3. The molecule has 8 aromatic carbocycles. The third-order valence-electron chi connectivity index (χ3n) is 10.3. The maximum absolute atomic E-state index is 14.5. The number of rotatable bonds is 3. The van der Waals surface area contributed by atoms with Gasteiger partial charge in [0.05, 0.1) is 26.5 Å². The molecule has 11 rings (SSSR count). The van der Waals surface area contributed by atoms with E-state index in [4.69, 9.17) is 9.40 Å². The van der Waals surface area contributed by atoms with Crippen LogP contribution in [0.15, 0.2) is 172 Å². The van der Waals surface area contributed by atoms with Gasteiger partial charge in [0.25, 0.3) is 0 Å². The number of fused-ring (bicyclic) bond motifs is 7. The minimum absolute atomic E-state index is 0.266. The van der Waals surface area contributed by atoms with E-state index < -0.39 is 9.84 Å². The molecule has 240 valence electrons. The van der Waals surface area contributed by atoms with Gasteiger partial charge in [0.2, 0.25) is 9.84 Å². The molecule has 0 bridgehead atoms. The van der Waals surface area contributed by atoms with Gasteiger partial charge < -0.3 is 4.42 Å². The Labute approximate surface area is 292 Å². The van der Waals surface area contributed by atoms with Crippen molar-refractivity contribution in [3.05, 3.63) is 158 Å². The van der Waals surface area contributed by atoms with Crippen LogP contribution in [0.1, 0.15) is 0 Å². The highest BCUT2D eigenvalue weighted by Crippen LogP contribution is 2.47. The van der Waals surface area contributed by atoms with Gasteiger partial charge in [0.1, 0.15) is 17.0 Å². The number of imidazole rings is 1. The zero-order valence-electron chi connectivity index (χ0n) is 27.0. The summed E-state index contributed by atoms with van der Waals surface area (Å²) in [4.78, 5) is 5.48. The molecule has 0 atom stereocenters. The van der Waals surface area contributed by atoms with Gasteiger partial charge in [-0.05, 0) is 86.3 Å². The number of nitrogens with zero attached hydrogens (tertiary/aromatic N) is 2. The summed E-state index contributed by atoms with van der Waals surface area (Å²) in [5.74, 6) is 0.712. The molecule has 1 aliphatic rings. The summed E-state index contributed by atoms with van der Waals surface area (Å²) in [6.45, 7) is 0. The molecular weight excluding hydrogens is 649 g/mol. The van der Waals surface area contributed by atoms with Gasteiger partial charge in [-0.2, -0.15) is 0 Å². The monoisotopic (exact) mass is 674 g/mol. The van der Waals surface area contributed by atoms with Crippen LogP contribution in [0.25, 0.3) is 93.8 Å². The van der Waals surface area contributed by atoms with Crippen LogP contribution >= 0.6 is 0 Å². The third-order valence-corrected chi connectivity index (χ3v) is 12.2. The van der Waals surface area contributed by atoms with Gasteiger partial charge in [-0.15, -0.1) is 0 Å². The third kappa shape index (κ3) is 3.91. The summed E-state index contributed by atoms with van der Waals surface area (Å²) in [5, 5.41) is 6.42. The first-order chi connectivity index (χ1) is 25.1. The second-order valence-electron chi connectivity index (χ2n) is 13.1. The van der Waals surface area contributed by atoms with Gasteiger partial charge in [-0.3, -0.25) is 4.57 Å². The Morgan fingerprint density at radius 3 is 1.76 bits per heavy atom. The van der Waals surface area contributed by atoms with Crippen LogP contribution in [0.4, 0.5) is 0 Å². The van der Waals surface area contributed by atoms with E-state index >= 15 is 0 Å². The number of sulfone groups is 1. The Morgan fingerprint density at radius 1 is 0.471 bits per heavy atom. The van der Waals surface area contributed by atoms with Crippen molar-refractivity contribution in [2.75, 3.05) is 0 Å². The van der Waals surface area contributed by atoms with Crippen LogP contribution in [0, 0.1) is 0 Å². The number of hydrogen-bond acceptors (Lipinski definition) is 4. The Hall–Kier alpha value is -6.50. The van der Waals surface area contributed by atoms with E-state index in [1.54, 1.807) is 12.1 Å². The smallest absolute Gasteiger partial charge is 0.210 e. The molecule has 10 aromatic rings. The minimum Gasteiger partial charge on any atom is -0.456 e. The molecule has 0 saturated heterocycles. The van der Waals surface area contributed by atoms with Crippen LogP contribution in [-0.4, -0.2) is 18.0 Å². The lowest BCUT2D eigenvalue weighted by atomic mass is 9.86. The van der Waals surface area contributed by atoms with Gasteiger partial charge in [-0.25, -0.2) is 13.4 Å². The van der Waals surface area contributed by atoms with Crippen molar-refractivity contribution < 1.29 is 12.8 Å². The van der Waals surface area contributed by atoms with E-state index in [-0.39, 0.29) is 9.79 Å². The maximum atomic E-state index is 14.5. The summed E-state index contributed by atoms with van der Waals surface area (Å²) in [7, 11) is -3.87. The zero-order valence-corrected chi connectivity index (χ0v) is 27.9. The van der Waals surface area contributed by atoms with E-state index in [2.05, 4.69) is 66.7 Å². The topological polar surface area (TPSA) is 65.1 Å². The molecule has 0 fully saturated rings. The fourth-order valence-electron chi connectivity index (χ4n) is 8.15. The van der Waals surface area contributed by atoms with Crippen molar-refractivity contribution >= 4 is 64.4 Å². The molecule has 51 heavy (non-hydrogen) atoms. The fourth-order valence-corrected chi connectivity index (χ4v) is 9.81. The average Bonchev–Trinajstić information content (AvgIpc) is 3.75. The Morgan fingerprint density at radius 2 is 1.06 bits per heavy atom. The molecule has 0 saturated carbocycles. The molecular formula is C45H26N2O3S. The van der Waals surface area contributed by atoms with Crippen molar-refractivity contribution in [3.8, 4) is 39.3 Å². The normalized spacial score (nSPS) is 13.4. The molecule has 0 radical (unpaired) electrons. The van der Waals surface area contributed by atoms with Gasteiger partial charge in [0.15, 0.2) is 0 Å². The number of benzene rings is 8. The maximum Gasteiger partial charge on any atom is 0.210 e. The molecule has 1 aliphatic heterocycles. The van der Waals surface area contributed by atoms with Crippen molar-refractivity contribution in [2.45, 2.75) is 9.79 Å². The highest BCUT2D eigenvalue weighted by Gasteiger charge is 2.34. The Balaban J connectivity index is 1.18. The molecule has 0 spiro atoms. The molecule has 3 heterocycles. The second-order valence-corrected chi connectivity index (χ2v) is 15.0. The quantitative estimate of drug-likeness (QED) is 0.175. The molecule has 0 N–H and O–H groups in total. The summed E-state index contributed by atoms with van der Waals surface area (Å²) < 4.78 is 37.3. The molecule has 5 nitrogen and oxygen atoms in total. The van der Waals surface area contributed by atoms with E-state index in [0.717, 1.165) is 71.3 Å². The second kappa shape index (κ2) is 10.3. The summed E-state index contributed by atoms with van der Waals surface area (Å²) in [6, 6.07) is 52.5. The summed E-state index contributed by atoms with van der Waals surface area (Å²) in [5.41, 5.74) is 8.48. The van der Waals surface area contributed by atoms with E-state index in [1.165, 1.54) is 0 Å². The zero-order chi connectivity index (χ0) is 33.8. The van der Waals surface area contributed by atoms with Crippen LogP contribution in [-0.2, 0) is 9.84 Å². The summed E-state index contributed by atoms with van der Waals surface area (Å²) in [6.07, 6.45) is 0. The van der Waals surface area contributed by atoms with Crippen LogP contribution in [0.3, 0.4) is 0 Å². The SMILES string of the molecule is O=S1(=O)c2cc(-c3c4ccccc4c(-c4ccc5c(c4)oc4ccccc45)c4ccccc34)ccc2-n2c(-c3ccccc3)nc3cccc1c32. The molecule has 0 amide bonds. The minimum atomic E-state index is -3.87. The highest BCUT2D eigenvalue weighted by atomic mass is 32.2.